The molecule has 0 saturated heterocycles. The highest BCUT2D eigenvalue weighted by molar-refractivity contribution is 9.08. The topological polar surface area (TPSA) is 25.8 Å². The van der Waals surface area contributed by atoms with Crippen molar-refractivity contribution in [1.29, 1.82) is 0 Å². The quantitative estimate of drug-likeness (QED) is 0.744. The Morgan fingerprint density at radius 2 is 2.25 bits per heavy atom. The summed E-state index contributed by atoms with van der Waals surface area (Å²) >= 11 is 3.40. The molecule has 12 heavy (non-hydrogen) atoms. The van der Waals surface area contributed by atoms with Crippen LogP contribution in [-0.2, 0) is 11.8 Å². The first kappa shape index (κ1) is 9.65. The first-order valence-electron chi connectivity index (χ1n) is 4.15. The summed E-state index contributed by atoms with van der Waals surface area (Å²) < 4.78 is 0. The van der Waals surface area contributed by atoms with Gasteiger partial charge in [0.2, 0.25) is 0 Å². The predicted molar refractivity (Wildman–Crippen MR) is 53.4 cm³/mol. The second kappa shape index (κ2) is 4.55. The second-order valence-electron chi connectivity index (χ2n) is 2.80. The van der Waals surface area contributed by atoms with Crippen molar-refractivity contribution in [1.82, 2.24) is 9.97 Å². The zero-order chi connectivity index (χ0) is 8.97. The monoisotopic (exact) mass is 228 g/mol. The smallest absolute Gasteiger partial charge is 0.128 e. The van der Waals surface area contributed by atoms with Crippen molar-refractivity contribution in [2.45, 2.75) is 32.0 Å². The number of rotatable bonds is 3. The van der Waals surface area contributed by atoms with Gasteiger partial charge in [-0.3, -0.25) is 0 Å². The normalized spacial score (nSPS) is 10.2. The molecule has 1 aromatic rings. The zero-order valence-corrected chi connectivity index (χ0v) is 9.06. The maximum Gasteiger partial charge on any atom is 0.128 e. The molecular weight excluding hydrogens is 216 g/mol. The Morgan fingerprint density at radius 3 is 2.83 bits per heavy atom. The highest BCUT2D eigenvalue weighted by atomic mass is 79.9. The number of hydrogen-bond acceptors (Lipinski definition) is 2. The van der Waals surface area contributed by atoms with Crippen LogP contribution in [0.25, 0.3) is 0 Å². The van der Waals surface area contributed by atoms with E-state index in [1.165, 1.54) is 0 Å². The lowest BCUT2D eigenvalue weighted by molar-refractivity contribution is 0.818. The predicted octanol–water partition coefficient (Wildman–Crippen LogP) is 2.63. The van der Waals surface area contributed by atoms with E-state index in [2.05, 4.69) is 32.8 Å². The molecule has 1 heterocycles. The van der Waals surface area contributed by atoms with E-state index < -0.39 is 0 Å². The van der Waals surface area contributed by atoms with Gasteiger partial charge in [0.1, 0.15) is 5.82 Å². The number of aromatic nitrogens is 2. The van der Waals surface area contributed by atoms with Gasteiger partial charge < -0.3 is 0 Å². The van der Waals surface area contributed by atoms with Crippen LogP contribution < -0.4 is 0 Å². The second-order valence-corrected chi connectivity index (χ2v) is 3.36. The Balaban J connectivity index is 2.89. The van der Waals surface area contributed by atoms with Crippen molar-refractivity contribution in [2.24, 2.45) is 0 Å². The highest BCUT2D eigenvalue weighted by Gasteiger charge is 2.00. The van der Waals surface area contributed by atoms with Gasteiger partial charge in [0.15, 0.2) is 0 Å². The third kappa shape index (κ3) is 2.27. The van der Waals surface area contributed by atoms with Crippen LogP contribution in [0.15, 0.2) is 6.20 Å². The van der Waals surface area contributed by atoms with Gasteiger partial charge in [-0.1, -0.05) is 22.9 Å². The van der Waals surface area contributed by atoms with Gasteiger partial charge in [0.25, 0.3) is 0 Å². The summed E-state index contributed by atoms with van der Waals surface area (Å²) in [4.78, 5) is 8.67. The van der Waals surface area contributed by atoms with Gasteiger partial charge in [-0.15, -0.1) is 0 Å². The molecule has 0 atom stereocenters. The van der Waals surface area contributed by atoms with E-state index in [1.54, 1.807) is 0 Å². The molecule has 0 radical (unpaired) electrons. The molecule has 1 rings (SSSR count). The van der Waals surface area contributed by atoms with E-state index in [4.69, 9.17) is 0 Å². The molecule has 0 aliphatic carbocycles. The molecule has 0 aliphatic rings. The molecule has 0 spiro atoms. The number of nitrogens with zero attached hydrogens (tertiary/aromatic N) is 2. The third-order valence-electron chi connectivity index (χ3n) is 1.73. The SMILES string of the molecule is CCCc1ncc(C)c(CBr)n1. The number of alkyl halides is 1. The van der Waals surface area contributed by atoms with Crippen molar-refractivity contribution in [2.75, 3.05) is 0 Å². The van der Waals surface area contributed by atoms with Crippen LogP contribution in [0.4, 0.5) is 0 Å². The molecule has 0 unspecified atom stereocenters. The van der Waals surface area contributed by atoms with Gasteiger partial charge >= 0.3 is 0 Å². The minimum Gasteiger partial charge on any atom is -0.241 e. The summed E-state index contributed by atoms with van der Waals surface area (Å²) in [7, 11) is 0. The number of hydrogen-bond donors (Lipinski definition) is 0. The van der Waals surface area contributed by atoms with Gasteiger partial charge in [0.05, 0.1) is 5.69 Å². The third-order valence-corrected chi connectivity index (χ3v) is 2.26. The van der Waals surface area contributed by atoms with E-state index in [9.17, 15) is 0 Å². The van der Waals surface area contributed by atoms with E-state index in [0.717, 1.165) is 35.3 Å². The lowest BCUT2D eigenvalue weighted by Gasteiger charge is -2.02. The summed E-state index contributed by atoms with van der Waals surface area (Å²) in [6, 6.07) is 0. The molecule has 0 aromatic carbocycles. The molecule has 1 aromatic heterocycles. The average Bonchev–Trinajstić information content (AvgIpc) is 2.09. The van der Waals surface area contributed by atoms with Crippen molar-refractivity contribution >= 4 is 15.9 Å². The molecule has 0 saturated carbocycles. The Kier molecular flexibility index (Phi) is 3.66. The standard InChI is InChI=1S/C9H13BrN2/c1-3-4-9-11-6-7(2)8(5-10)12-9/h6H,3-5H2,1-2H3. The molecule has 0 aliphatic heterocycles. The van der Waals surface area contributed by atoms with Gasteiger partial charge in [-0.2, -0.15) is 0 Å². The fourth-order valence-corrected chi connectivity index (χ4v) is 1.57. The summed E-state index contributed by atoms with van der Waals surface area (Å²) in [6.45, 7) is 4.17. The van der Waals surface area contributed by atoms with Crippen LogP contribution >= 0.6 is 15.9 Å². The zero-order valence-electron chi connectivity index (χ0n) is 7.47. The molecule has 0 N–H and O–H groups in total. The Bertz CT molecular complexity index is 261. The maximum absolute atomic E-state index is 4.42. The van der Waals surface area contributed by atoms with Crippen LogP contribution in [0.3, 0.4) is 0 Å². The summed E-state index contributed by atoms with van der Waals surface area (Å²) in [5, 5.41) is 0.818. The Morgan fingerprint density at radius 1 is 1.50 bits per heavy atom. The minimum absolute atomic E-state index is 0.818. The fourth-order valence-electron chi connectivity index (χ4n) is 0.998. The molecular formula is C9H13BrN2. The van der Waals surface area contributed by atoms with E-state index >= 15 is 0 Å². The van der Waals surface area contributed by atoms with Crippen molar-refractivity contribution in [3.05, 3.63) is 23.3 Å². The molecule has 0 amide bonds. The van der Waals surface area contributed by atoms with Gasteiger partial charge in [-0.25, -0.2) is 9.97 Å². The largest absolute Gasteiger partial charge is 0.241 e. The van der Waals surface area contributed by atoms with Crippen molar-refractivity contribution in [3.8, 4) is 0 Å². The van der Waals surface area contributed by atoms with E-state index in [0.29, 0.717) is 0 Å². The minimum atomic E-state index is 0.818. The summed E-state index contributed by atoms with van der Waals surface area (Å²) in [5.74, 6) is 0.956. The Labute approximate surface area is 81.6 Å². The first-order chi connectivity index (χ1) is 5.77. The first-order valence-corrected chi connectivity index (χ1v) is 5.27. The van der Waals surface area contributed by atoms with Gasteiger partial charge in [0, 0.05) is 17.9 Å². The van der Waals surface area contributed by atoms with Gasteiger partial charge in [-0.05, 0) is 18.9 Å². The van der Waals surface area contributed by atoms with E-state index in [1.807, 2.05) is 13.1 Å². The van der Waals surface area contributed by atoms with Crippen LogP contribution in [-0.4, -0.2) is 9.97 Å². The molecule has 3 heteroatoms. The number of aryl methyl sites for hydroxylation is 2. The summed E-state index contributed by atoms with van der Waals surface area (Å²) in [6.07, 6.45) is 3.97. The molecule has 0 fully saturated rings. The maximum atomic E-state index is 4.42. The van der Waals surface area contributed by atoms with Crippen LogP contribution in [0.2, 0.25) is 0 Å². The van der Waals surface area contributed by atoms with Crippen molar-refractivity contribution in [3.63, 3.8) is 0 Å². The molecule has 0 bridgehead atoms. The van der Waals surface area contributed by atoms with Crippen molar-refractivity contribution < 1.29 is 0 Å². The fraction of sp³-hybridized carbons (Fsp3) is 0.556. The Hall–Kier alpha value is -0.440. The average molecular weight is 229 g/mol. The number of halogens is 1. The van der Waals surface area contributed by atoms with Crippen LogP contribution in [0.5, 0.6) is 0 Å². The molecule has 2 nitrogen and oxygen atoms in total. The highest BCUT2D eigenvalue weighted by Crippen LogP contribution is 2.08. The van der Waals surface area contributed by atoms with E-state index in [-0.39, 0.29) is 0 Å². The van der Waals surface area contributed by atoms with Crippen LogP contribution in [0, 0.1) is 6.92 Å². The lowest BCUT2D eigenvalue weighted by atomic mass is 10.2. The van der Waals surface area contributed by atoms with Crippen LogP contribution in [0.1, 0.15) is 30.4 Å². The lowest BCUT2D eigenvalue weighted by Crippen LogP contribution is -1.99. The molecule has 66 valence electrons. The summed E-state index contributed by atoms with van der Waals surface area (Å²) in [5.41, 5.74) is 2.26.